The first-order chi connectivity index (χ1) is 6.76. The van der Waals surface area contributed by atoms with Gasteiger partial charge in [0.25, 0.3) is 0 Å². The highest BCUT2D eigenvalue weighted by Gasteiger charge is 2.56. The molecule has 0 aromatic rings. The van der Waals surface area contributed by atoms with Gasteiger partial charge in [-0.15, -0.1) is 0 Å². The van der Waals surface area contributed by atoms with Crippen molar-refractivity contribution in [3.8, 4) is 0 Å². The Morgan fingerprint density at radius 2 is 1.87 bits per heavy atom. The maximum Gasteiger partial charge on any atom is 0.474 e. The predicted octanol–water partition coefficient (Wildman–Crippen LogP) is 0.156. The summed E-state index contributed by atoms with van der Waals surface area (Å²) < 4.78 is 0. The fraction of sp³-hybridized carbons (Fsp3) is 0.833. The summed E-state index contributed by atoms with van der Waals surface area (Å²) in [6.07, 6.45) is 0. The highest BCUT2D eigenvalue weighted by molar-refractivity contribution is 9.09. The Hall–Kier alpha value is -1.25. The van der Waals surface area contributed by atoms with Crippen molar-refractivity contribution in [1.82, 2.24) is 5.32 Å². The summed E-state index contributed by atoms with van der Waals surface area (Å²) in [4.78, 5) is 30.0. The number of hydrogen-bond donors (Lipinski definition) is 1. The van der Waals surface area contributed by atoms with E-state index in [2.05, 4.69) is 21.2 Å². The van der Waals surface area contributed by atoms with Crippen molar-refractivity contribution in [3.05, 3.63) is 20.2 Å². The molecule has 0 aromatic carbocycles. The van der Waals surface area contributed by atoms with Crippen LogP contribution in [0.2, 0.25) is 0 Å². The van der Waals surface area contributed by atoms with Gasteiger partial charge >= 0.3 is 5.66 Å². The molecule has 0 aliphatic rings. The number of nitrogens with one attached hydrogen (secondary N) is 1. The minimum absolute atomic E-state index is 0.0666. The molecule has 1 amide bonds. The van der Waals surface area contributed by atoms with Gasteiger partial charge in [0, 0.05) is 0 Å². The minimum atomic E-state index is -2.42. The Kier molecular flexibility index (Phi) is 4.59. The molecule has 0 spiro atoms. The molecule has 0 saturated heterocycles. The van der Waals surface area contributed by atoms with Gasteiger partial charge in [-0.1, -0.05) is 15.9 Å². The van der Waals surface area contributed by atoms with E-state index in [4.69, 9.17) is 0 Å². The molecule has 15 heavy (non-hydrogen) atoms. The summed E-state index contributed by atoms with van der Waals surface area (Å²) in [5.41, 5.74) is -2.42. The van der Waals surface area contributed by atoms with Gasteiger partial charge in [0.15, 0.2) is 6.04 Å². The van der Waals surface area contributed by atoms with Gasteiger partial charge in [0.1, 0.15) is 9.85 Å². The standard InChI is InChI=1S/C6H10BrN3O5/c1-4(8-5(11)3-7)6(2,9(12)13)10(14)15/h4H,3H2,1-2H3,(H,8,11). The molecule has 0 rings (SSSR count). The van der Waals surface area contributed by atoms with Gasteiger partial charge in [-0.25, -0.2) is 0 Å². The van der Waals surface area contributed by atoms with Crippen molar-refractivity contribution in [3.63, 3.8) is 0 Å². The number of amides is 1. The van der Waals surface area contributed by atoms with E-state index in [0.717, 1.165) is 6.92 Å². The number of carbonyl (C=O) groups excluding carboxylic acids is 1. The van der Waals surface area contributed by atoms with Crippen LogP contribution in [0.5, 0.6) is 0 Å². The third-order valence-electron chi connectivity index (χ3n) is 2.06. The zero-order valence-electron chi connectivity index (χ0n) is 8.10. The molecule has 86 valence electrons. The number of carbonyl (C=O) groups is 1. The normalized spacial score (nSPS) is 13.0. The second kappa shape index (κ2) is 5.01. The van der Waals surface area contributed by atoms with Crippen molar-refractivity contribution < 1.29 is 14.6 Å². The zero-order valence-corrected chi connectivity index (χ0v) is 9.68. The molecule has 0 radical (unpaired) electrons. The quantitative estimate of drug-likeness (QED) is 0.334. The number of nitrogens with zero attached hydrogens (tertiary/aromatic N) is 2. The highest BCUT2D eigenvalue weighted by atomic mass is 79.9. The van der Waals surface area contributed by atoms with E-state index < -0.39 is 27.5 Å². The Bertz CT molecular complexity index is 280. The van der Waals surface area contributed by atoms with Crippen LogP contribution in [-0.4, -0.2) is 32.8 Å². The maximum atomic E-state index is 10.9. The number of rotatable bonds is 5. The van der Waals surface area contributed by atoms with Crippen molar-refractivity contribution in [1.29, 1.82) is 0 Å². The smallest absolute Gasteiger partial charge is 0.339 e. The van der Waals surface area contributed by atoms with Crippen LogP contribution < -0.4 is 5.32 Å². The van der Waals surface area contributed by atoms with Crippen molar-refractivity contribution in [2.75, 3.05) is 5.33 Å². The topological polar surface area (TPSA) is 115 Å². The molecule has 1 atom stereocenters. The lowest BCUT2D eigenvalue weighted by molar-refractivity contribution is -0.795. The Morgan fingerprint density at radius 1 is 1.47 bits per heavy atom. The fourth-order valence-corrected chi connectivity index (χ4v) is 0.962. The Morgan fingerprint density at radius 3 is 2.13 bits per heavy atom. The molecule has 0 aliphatic heterocycles. The SMILES string of the molecule is CC(NC(=O)CBr)C(C)([N+](=O)[O-])[N+](=O)[O-]. The molecule has 1 N–H and O–H groups in total. The van der Waals surface area contributed by atoms with Crippen LogP contribution in [0.1, 0.15) is 13.8 Å². The maximum absolute atomic E-state index is 10.9. The highest BCUT2D eigenvalue weighted by Crippen LogP contribution is 2.15. The van der Waals surface area contributed by atoms with Gasteiger partial charge in [-0.2, -0.15) is 0 Å². The average Bonchev–Trinajstić information content (AvgIpc) is 2.15. The average molecular weight is 284 g/mol. The molecule has 0 bridgehead atoms. The minimum Gasteiger partial charge on any atom is -0.339 e. The summed E-state index contributed by atoms with van der Waals surface area (Å²) >= 11 is 2.83. The lowest BCUT2D eigenvalue weighted by Crippen LogP contribution is -2.58. The first-order valence-corrected chi connectivity index (χ1v) is 5.03. The molecule has 0 aliphatic carbocycles. The largest absolute Gasteiger partial charge is 0.474 e. The van der Waals surface area contributed by atoms with Crippen LogP contribution in [0.25, 0.3) is 0 Å². The predicted molar refractivity (Wildman–Crippen MR) is 53.8 cm³/mol. The fourth-order valence-electron chi connectivity index (χ4n) is 0.800. The summed E-state index contributed by atoms with van der Waals surface area (Å²) in [7, 11) is 0. The lowest BCUT2D eigenvalue weighted by Gasteiger charge is -2.19. The Balaban J connectivity index is 4.87. The monoisotopic (exact) mass is 283 g/mol. The summed E-state index contributed by atoms with van der Waals surface area (Å²) in [6, 6.07) is -1.20. The van der Waals surface area contributed by atoms with E-state index in [1.54, 1.807) is 0 Å². The lowest BCUT2D eigenvalue weighted by atomic mass is 10.1. The van der Waals surface area contributed by atoms with E-state index >= 15 is 0 Å². The van der Waals surface area contributed by atoms with E-state index in [9.17, 15) is 25.0 Å². The van der Waals surface area contributed by atoms with Gasteiger partial charge in [-0.3, -0.25) is 25.0 Å². The molecule has 8 nitrogen and oxygen atoms in total. The van der Waals surface area contributed by atoms with Gasteiger partial charge < -0.3 is 5.32 Å². The summed E-state index contributed by atoms with van der Waals surface area (Å²) in [5, 5.41) is 23.2. The van der Waals surface area contributed by atoms with Crippen molar-refractivity contribution >= 4 is 21.8 Å². The third kappa shape index (κ3) is 2.85. The van der Waals surface area contributed by atoms with E-state index in [1.165, 1.54) is 6.92 Å². The van der Waals surface area contributed by atoms with Crippen LogP contribution in [0, 0.1) is 20.2 Å². The van der Waals surface area contributed by atoms with Gasteiger partial charge in [-0.05, 0) is 6.92 Å². The third-order valence-corrected chi connectivity index (χ3v) is 2.57. The van der Waals surface area contributed by atoms with Crippen LogP contribution in [-0.2, 0) is 4.79 Å². The number of halogens is 1. The molecule has 0 saturated carbocycles. The second-order valence-corrected chi connectivity index (χ2v) is 3.59. The molecule has 9 heteroatoms. The number of nitro groups is 2. The van der Waals surface area contributed by atoms with E-state index in [0.29, 0.717) is 0 Å². The van der Waals surface area contributed by atoms with Crippen LogP contribution in [0.4, 0.5) is 0 Å². The van der Waals surface area contributed by atoms with Crippen molar-refractivity contribution in [2.45, 2.75) is 25.6 Å². The second-order valence-electron chi connectivity index (χ2n) is 3.03. The molecular weight excluding hydrogens is 274 g/mol. The summed E-state index contributed by atoms with van der Waals surface area (Å²) in [5.74, 6) is -0.544. The number of hydrogen-bond acceptors (Lipinski definition) is 5. The molecule has 1 unspecified atom stereocenters. The van der Waals surface area contributed by atoms with Crippen LogP contribution in [0.3, 0.4) is 0 Å². The number of alkyl halides is 1. The molecule has 0 fully saturated rings. The molecule has 0 aromatic heterocycles. The van der Waals surface area contributed by atoms with E-state index in [-0.39, 0.29) is 5.33 Å². The zero-order chi connectivity index (χ0) is 12.2. The first-order valence-electron chi connectivity index (χ1n) is 3.91. The molecule has 0 heterocycles. The first kappa shape index (κ1) is 13.8. The van der Waals surface area contributed by atoms with Gasteiger partial charge in [0.05, 0.1) is 12.3 Å². The molecular formula is C6H10BrN3O5. The van der Waals surface area contributed by atoms with Crippen LogP contribution >= 0.6 is 15.9 Å². The van der Waals surface area contributed by atoms with Crippen molar-refractivity contribution in [2.24, 2.45) is 0 Å². The van der Waals surface area contributed by atoms with Crippen LogP contribution in [0.15, 0.2) is 0 Å². The summed E-state index contributed by atoms with van der Waals surface area (Å²) in [6.45, 7) is 2.07. The van der Waals surface area contributed by atoms with E-state index in [1.807, 2.05) is 0 Å². The van der Waals surface area contributed by atoms with Gasteiger partial charge in [0.2, 0.25) is 5.91 Å². The Labute approximate surface area is 93.4 Å².